The zero-order valence-corrected chi connectivity index (χ0v) is 14.4. The first-order valence-electron chi connectivity index (χ1n) is 7.80. The number of hydrogen-bond acceptors (Lipinski definition) is 4. The molecule has 2 atom stereocenters. The molecule has 0 saturated carbocycles. The molecule has 1 aromatic rings. The summed E-state index contributed by atoms with van der Waals surface area (Å²) in [4.78, 5) is 0. The second-order valence-electron chi connectivity index (χ2n) is 5.95. The smallest absolute Gasteiger partial charge is 0.211 e. The van der Waals surface area contributed by atoms with Gasteiger partial charge < -0.3 is 10.1 Å². The summed E-state index contributed by atoms with van der Waals surface area (Å²) in [6, 6.07) is 8.42. The average Bonchev–Trinajstić information content (AvgIpc) is 2.46. The quantitative estimate of drug-likeness (QED) is 0.867. The molecule has 5 nitrogen and oxygen atoms in total. The van der Waals surface area contributed by atoms with E-state index in [1.807, 2.05) is 25.1 Å². The summed E-state index contributed by atoms with van der Waals surface area (Å²) in [5.74, 6) is 1.19. The van der Waals surface area contributed by atoms with Gasteiger partial charge in [-0.25, -0.2) is 12.7 Å². The van der Waals surface area contributed by atoms with Crippen molar-refractivity contribution in [3.8, 4) is 5.75 Å². The van der Waals surface area contributed by atoms with Gasteiger partial charge in [-0.2, -0.15) is 0 Å². The fourth-order valence-electron chi connectivity index (χ4n) is 2.87. The van der Waals surface area contributed by atoms with Gasteiger partial charge in [0.1, 0.15) is 5.75 Å². The van der Waals surface area contributed by atoms with E-state index in [4.69, 9.17) is 4.74 Å². The lowest BCUT2D eigenvalue weighted by Crippen LogP contribution is -2.49. The Hall–Kier alpha value is -1.11. The minimum Gasteiger partial charge on any atom is -0.494 e. The van der Waals surface area contributed by atoms with Crippen LogP contribution in [0, 0.1) is 5.92 Å². The van der Waals surface area contributed by atoms with Crippen molar-refractivity contribution in [2.24, 2.45) is 5.92 Å². The lowest BCUT2D eigenvalue weighted by molar-refractivity contribution is 0.220. The minimum absolute atomic E-state index is 0.304. The average molecular weight is 326 g/mol. The molecule has 0 radical (unpaired) electrons. The second kappa shape index (κ2) is 7.44. The third-order valence-corrected chi connectivity index (χ3v) is 5.38. The molecule has 2 rings (SSSR count). The van der Waals surface area contributed by atoms with Crippen molar-refractivity contribution in [3.63, 3.8) is 0 Å². The van der Waals surface area contributed by atoms with Gasteiger partial charge in [0.05, 0.1) is 12.9 Å². The molecule has 0 aliphatic carbocycles. The van der Waals surface area contributed by atoms with Gasteiger partial charge in [-0.1, -0.05) is 19.1 Å². The molecule has 0 bridgehead atoms. The van der Waals surface area contributed by atoms with E-state index in [9.17, 15) is 8.42 Å². The number of hydrogen-bond donors (Lipinski definition) is 1. The molecule has 1 aliphatic rings. The first kappa shape index (κ1) is 17.2. The summed E-state index contributed by atoms with van der Waals surface area (Å²) in [5, 5.41) is 3.55. The van der Waals surface area contributed by atoms with Crippen molar-refractivity contribution < 1.29 is 13.2 Å². The maximum atomic E-state index is 11.6. The van der Waals surface area contributed by atoms with E-state index in [0.29, 0.717) is 31.7 Å². The fraction of sp³-hybridized carbons (Fsp3) is 0.625. The summed E-state index contributed by atoms with van der Waals surface area (Å²) >= 11 is 0. The molecule has 0 aromatic heterocycles. The van der Waals surface area contributed by atoms with Crippen molar-refractivity contribution >= 4 is 10.0 Å². The number of nitrogens with one attached hydrogen (secondary N) is 1. The third kappa shape index (κ3) is 4.69. The summed E-state index contributed by atoms with van der Waals surface area (Å²) in [7, 11) is -3.07. The normalized spacial score (nSPS) is 23.4. The SMILES string of the molecule is CCOc1cccc(CN[C@@H]2CCN(S(C)(=O)=O)C[C@H]2C)c1. The van der Waals surface area contributed by atoms with E-state index >= 15 is 0 Å². The van der Waals surface area contributed by atoms with E-state index in [2.05, 4.69) is 18.3 Å². The Morgan fingerprint density at radius 2 is 2.18 bits per heavy atom. The van der Waals surface area contributed by atoms with Gasteiger partial charge in [0.15, 0.2) is 0 Å². The highest BCUT2D eigenvalue weighted by Gasteiger charge is 2.29. The van der Waals surface area contributed by atoms with Gasteiger partial charge in [-0.3, -0.25) is 0 Å². The fourth-order valence-corrected chi connectivity index (χ4v) is 3.82. The van der Waals surface area contributed by atoms with Crippen LogP contribution < -0.4 is 10.1 Å². The van der Waals surface area contributed by atoms with Crippen LogP contribution in [-0.2, 0) is 16.6 Å². The Morgan fingerprint density at radius 1 is 1.41 bits per heavy atom. The standard InChI is InChI=1S/C16H26N2O3S/c1-4-21-15-7-5-6-14(10-15)11-17-16-8-9-18(12-13(16)2)22(3,19)20/h5-7,10,13,16-17H,4,8-9,11-12H2,1-3H3/t13-,16-/m1/s1. The van der Waals surface area contributed by atoms with Crippen LogP contribution in [0.1, 0.15) is 25.8 Å². The lowest BCUT2D eigenvalue weighted by atomic mass is 9.95. The minimum atomic E-state index is -3.07. The molecule has 0 amide bonds. The monoisotopic (exact) mass is 326 g/mol. The van der Waals surface area contributed by atoms with Crippen LogP contribution in [0.2, 0.25) is 0 Å². The van der Waals surface area contributed by atoms with Crippen LogP contribution in [0.15, 0.2) is 24.3 Å². The number of rotatable bonds is 6. The Morgan fingerprint density at radius 3 is 2.82 bits per heavy atom. The Bertz CT molecular complexity index is 589. The summed E-state index contributed by atoms with van der Waals surface area (Å²) < 4.78 is 30.3. The van der Waals surface area contributed by atoms with Crippen LogP contribution in [0.25, 0.3) is 0 Å². The van der Waals surface area contributed by atoms with Crippen molar-refractivity contribution in [3.05, 3.63) is 29.8 Å². The van der Waals surface area contributed by atoms with Crippen LogP contribution in [0.3, 0.4) is 0 Å². The Kier molecular flexibility index (Phi) is 5.83. The summed E-state index contributed by atoms with van der Waals surface area (Å²) in [6.07, 6.45) is 2.13. The second-order valence-corrected chi connectivity index (χ2v) is 7.94. The van der Waals surface area contributed by atoms with E-state index in [1.165, 1.54) is 11.8 Å². The number of piperidine rings is 1. The Labute approximate surface area is 133 Å². The molecular formula is C16H26N2O3S. The zero-order valence-electron chi connectivity index (χ0n) is 13.6. The highest BCUT2D eigenvalue weighted by atomic mass is 32.2. The number of benzene rings is 1. The van der Waals surface area contributed by atoms with Gasteiger partial charge in [0.25, 0.3) is 0 Å². The van der Waals surface area contributed by atoms with Crippen molar-refractivity contribution in [2.75, 3.05) is 26.0 Å². The molecule has 1 aromatic carbocycles. The Balaban J connectivity index is 1.89. The van der Waals surface area contributed by atoms with Crippen molar-refractivity contribution in [2.45, 2.75) is 32.9 Å². The molecule has 1 fully saturated rings. The highest BCUT2D eigenvalue weighted by Crippen LogP contribution is 2.20. The van der Waals surface area contributed by atoms with E-state index in [-0.39, 0.29) is 0 Å². The van der Waals surface area contributed by atoms with E-state index in [1.54, 1.807) is 4.31 Å². The van der Waals surface area contributed by atoms with Crippen LogP contribution >= 0.6 is 0 Å². The number of ether oxygens (including phenoxy) is 1. The third-order valence-electron chi connectivity index (χ3n) is 4.11. The largest absolute Gasteiger partial charge is 0.494 e. The molecule has 1 saturated heterocycles. The van der Waals surface area contributed by atoms with E-state index < -0.39 is 10.0 Å². The van der Waals surface area contributed by atoms with Crippen molar-refractivity contribution in [1.82, 2.24) is 9.62 Å². The molecule has 1 heterocycles. The first-order chi connectivity index (χ1) is 10.4. The lowest BCUT2D eigenvalue weighted by Gasteiger charge is -2.36. The van der Waals surface area contributed by atoms with E-state index in [0.717, 1.165) is 18.7 Å². The van der Waals surface area contributed by atoms with Crippen LogP contribution in [-0.4, -0.2) is 44.7 Å². The molecule has 1 aliphatic heterocycles. The van der Waals surface area contributed by atoms with Gasteiger partial charge in [0, 0.05) is 25.7 Å². The number of sulfonamides is 1. The predicted molar refractivity (Wildman–Crippen MR) is 88.4 cm³/mol. The molecule has 22 heavy (non-hydrogen) atoms. The first-order valence-corrected chi connectivity index (χ1v) is 9.65. The van der Waals surface area contributed by atoms with Crippen molar-refractivity contribution in [1.29, 1.82) is 0 Å². The predicted octanol–water partition coefficient (Wildman–Crippen LogP) is 1.84. The van der Waals surface area contributed by atoms with Gasteiger partial charge in [-0.15, -0.1) is 0 Å². The van der Waals surface area contributed by atoms with Crippen LogP contribution in [0.4, 0.5) is 0 Å². The summed E-state index contributed by atoms with van der Waals surface area (Å²) in [5.41, 5.74) is 1.18. The molecular weight excluding hydrogens is 300 g/mol. The summed E-state index contributed by atoms with van der Waals surface area (Å²) in [6.45, 7) is 6.70. The zero-order chi connectivity index (χ0) is 16.2. The molecule has 0 unspecified atom stereocenters. The molecule has 1 N–H and O–H groups in total. The highest BCUT2D eigenvalue weighted by molar-refractivity contribution is 7.88. The maximum Gasteiger partial charge on any atom is 0.211 e. The van der Waals surface area contributed by atoms with Crippen LogP contribution in [0.5, 0.6) is 5.75 Å². The molecule has 6 heteroatoms. The topological polar surface area (TPSA) is 58.6 Å². The maximum absolute atomic E-state index is 11.6. The van der Waals surface area contributed by atoms with Gasteiger partial charge in [-0.05, 0) is 37.0 Å². The van der Waals surface area contributed by atoms with Gasteiger partial charge in [0.2, 0.25) is 10.0 Å². The van der Waals surface area contributed by atoms with Gasteiger partial charge >= 0.3 is 0 Å². The molecule has 0 spiro atoms. The molecule has 124 valence electrons. The number of nitrogens with zero attached hydrogens (tertiary/aromatic N) is 1.